The lowest BCUT2D eigenvalue weighted by molar-refractivity contribution is -0.126. The van der Waals surface area contributed by atoms with Crippen LogP contribution in [0.15, 0.2) is 24.3 Å². The molecule has 2 aliphatic rings. The van der Waals surface area contributed by atoms with Gasteiger partial charge in [-0.15, -0.1) is 0 Å². The van der Waals surface area contributed by atoms with E-state index in [0.29, 0.717) is 5.92 Å². The molecule has 0 spiro atoms. The Morgan fingerprint density at radius 1 is 1.25 bits per heavy atom. The summed E-state index contributed by atoms with van der Waals surface area (Å²) in [5.41, 5.74) is 1.92. The molecule has 1 atom stereocenters. The second-order valence-electron chi connectivity index (χ2n) is 7.28. The Kier molecular flexibility index (Phi) is 5.87. The first-order valence-electron chi connectivity index (χ1n) is 9.23. The molecule has 0 aromatic heterocycles. The number of rotatable bonds is 5. The SMILES string of the molecule is N#Cc1cccc(CN2CCC(CNC(=O)C3CCCCC3)C2)c1. The largest absolute Gasteiger partial charge is 0.356 e. The summed E-state index contributed by atoms with van der Waals surface area (Å²) in [6.45, 7) is 3.80. The maximum atomic E-state index is 12.2. The third-order valence-corrected chi connectivity index (χ3v) is 5.37. The number of nitrogens with zero attached hydrogens (tertiary/aromatic N) is 2. The quantitative estimate of drug-likeness (QED) is 0.905. The lowest BCUT2D eigenvalue weighted by Crippen LogP contribution is -2.36. The molecule has 3 rings (SSSR count). The first kappa shape index (κ1) is 17.0. The highest BCUT2D eigenvalue weighted by molar-refractivity contribution is 5.78. The van der Waals surface area contributed by atoms with Gasteiger partial charge in [0.15, 0.2) is 0 Å². The highest BCUT2D eigenvalue weighted by Crippen LogP contribution is 2.24. The van der Waals surface area contributed by atoms with Gasteiger partial charge >= 0.3 is 0 Å². The smallest absolute Gasteiger partial charge is 0.223 e. The molecule has 0 bridgehead atoms. The zero-order chi connectivity index (χ0) is 16.8. The van der Waals surface area contributed by atoms with Gasteiger partial charge in [-0.3, -0.25) is 9.69 Å². The molecule has 4 heteroatoms. The Bertz CT molecular complexity index is 601. The Morgan fingerprint density at radius 2 is 2.08 bits per heavy atom. The van der Waals surface area contributed by atoms with Gasteiger partial charge in [-0.25, -0.2) is 0 Å². The van der Waals surface area contributed by atoms with E-state index in [-0.39, 0.29) is 11.8 Å². The molecule has 1 saturated carbocycles. The van der Waals surface area contributed by atoms with E-state index >= 15 is 0 Å². The van der Waals surface area contributed by atoms with E-state index < -0.39 is 0 Å². The van der Waals surface area contributed by atoms with E-state index in [1.54, 1.807) is 0 Å². The molecule has 1 heterocycles. The van der Waals surface area contributed by atoms with Crippen molar-refractivity contribution in [2.45, 2.75) is 45.1 Å². The number of amides is 1. The molecule has 4 nitrogen and oxygen atoms in total. The summed E-state index contributed by atoms with van der Waals surface area (Å²) in [5.74, 6) is 1.08. The number of nitrogens with one attached hydrogen (secondary N) is 1. The third kappa shape index (κ3) is 4.58. The maximum Gasteiger partial charge on any atom is 0.223 e. The summed E-state index contributed by atoms with van der Waals surface area (Å²) < 4.78 is 0. The fourth-order valence-corrected chi connectivity index (χ4v) is 3.97. The highest BCUT2D eigenvalue weighted by Gasteiger charge is 2.25. The number of nitriles is 1. The number of carbonyl (C=O) groups is 1. The minimum absolute atomic E-state index is 0.255. The van der Waals surface area contributed by atoms with Gasteiger partial charge in [-0.2, -0.15) is 5.26 Å². The predicted molar refractivity (Wildman–Crippen MR) is 94.1 cm³/mol. The van der Waals surface area contributed by atoms with Gasteiger partial charge in [0.1, 0.15) is 0 Å². The molecule has 2 fully saturated rings. The van der Waals surface area contributed by atoms with Crippen molar-refractivity contribution in [1.82, 2.24) is 10.2 Å². The van der Waals surface area contributed by atoms with Crippen LogP contribution in [0.4, 0.5) is 0 Å². The van der Waals surface area contributed by atoms with Crippen LogP contribution in [0, 0.1) is 23.2 Å². The summed E-state index contributed by atoms with van der Waals surface area (Å²) in [6, 6.07) is 10.0. The minimum atomic E-state index is 0.255. The van der Waals surface area contributed by atoms with Gasteiger partial charge in [0, 0.05) is 25.6 Å². The molecule has 1 saturated heterocycles. The molecular weight excluding hydrogens is 298 g/mol. The van der Waals surface area contributed by atoms with E-state index in [1.165, 1.54) is 24.8 Å². The lowest BCUT2D eigenvalue weighted by Gasteiger charge is -2.22. The molecule has 1 aliphatic carbocycles. The van der Waals surface area contributed by atoms with Crippen molar-refractivity contribution in [2.75, 3.05) is 19.6 Å². The standard InChI is InChI=1S/C20H27N3O/c21-12-16-5-4-6-17(11-16)14-23-10-9-18(15-23)13-22-20(24)19-7-2-1-3-8-19/h4-6,11,18-19H,1-3,7-10,13-15H2,(H,22,24). The fraction of sp³-hybridized carbons (Fsp3) is 0.600. The zero-order valence-corrected chi connectivity index (χ0v) is 14.3. The van der Waals surface area contributed by atoms with Crippen LogP contribution in [0.3, 0.4) is 0 Å². The summed E-state index contributed by atoms with van der Waals surface area (Å²) in [6.07, 6.45) is 6.97. The first-order chi connectivity index (χ1) is 11.7. The number of hydrogen-bond acceptors (Lipinski definition) is 3. The third-order valence-electron chi connectivity index (χ3n) is 5.37. The van der Waals surface area contributed by atoms with Gasteiger partial charge in [-0.05, 0) is 49.4 Å². The highest BCUT2D eigenvalue weighted by atomic mass is 16.1. The van der Waals surface area contributed by atoms with Crippen LogP contribution in [0.5, 0.6) is 0 Å². The Labute approximate surface area is 144 Å². The van der Waals surface area contributed by atoms with E-state index in [2.05, 4.69) is 22.4 Å². The van der Waals surface area contributed by atoms with Crippen molar-refractivity contribution < 1.29 is 4.79 Å². The molecule has 1 aromatic carbocycles. The normalized spacial score (nSPS) is 22.2. The van der Waals surface area contributed by atoms with Crippen molar-refractivity contribution >= 4 is 5.91 Å². The van der Waals surface area contributed by atoms with Gasteiger partial charge in [0.05, 0.1) is 11.6 Å². The zero-order valence-electron chi connectivity index (χ0n) is 14.3. The lowest BCUT2D eigenvalue weighted by atomic mass is 9.88. The van der Waals surface area contributed by atoms with Crippen LogP contribution in [-0.4, -0.2) is 30.4 Å². The second-order valence-corrected chi connectivity index (χ2v) is 7.28. The Hall–Kier alpha value is -1.86. The average Bonchev–Trinajstić information content (AvgIpc) is 3.08. The summed E-state index contributed by atoms with van der Waals surface area (Å²) in [7, 11) is 0. The van der Waals surface area contributed by atoms with Gasteiger partial charge in [-0.1, -0.05) is 31.4 Å². The Balaban J connectivity index is 1.42. The maximum absolute atomic E-state index is 12.2. The van der Waals surface area contributed by atoms with Crippen molar-refractivity contribution in [3.63, 3.8) is 0 Å². The van der Waals surface area contributed by atoms with Crippen LogP contribution >= 0.6 is 0 Å². The van der Waals surface area contributed by atoms with Crippen LogP contribution < -0.4 is 5.32 Å². The number of likely N-dealkylation sites (tertiary alicyclic amines) is 1. The predicted octanol–water partition coefficient (Wildman–Crippen LogP) is 3.08. The van der Waals surface area contributed by atoms with Crippen molar-refractivity contribution in [1.29, 1.82) is 5.26 Å². The van der Waals surface area contributed by atoms with Crippen molar-refractivity contribution in [2.24, 2.45) is 11.8 Å². The summed E-state index contributed by atoms with van der Waals surface area (Å²) in [4.78, 5) is 14.7. The molecule has 24 heavy (non-hydrogen) atoms. The summed E-state index contributed by atoms with van der Waals surface area (Å²) >= 11 is 0. The monoisotopic (exact) mass is 325 g/mol. The topological polar surface area (TPSA) is 56.1 Å². The van der Waals surface area contributed by atoms with E-state index in [9.17, 15) is 4.79 Å². The second kappa shape index (κ2) is 8.30. The molecule has 1 amide bonds. The van der Waals surface area contributed by atoms with Crippen LogP contribution in [0.1, 0.15) is 49.7 Å². The molecule has 128 valence electrons. The molecule has 1 aromatic rings. The van der Waals surface area contributed by atoms with Crippen molar-refractivity contribution in [3.05, 3.63) is 35.4 Å². The first-order valence-corrected chi connectivity index (χ1v) is 9.23. The molecule has 1 aliphatic heterocycles. The van der Waals surface area contributed by atoms with Crippen LogP contribution in [0.25, 0.3) is 0 Å². The van der Waals surface area contributed by atoms with Crippen LogP contribution in [0.2, 0.25) is 0 Å². The Morgan fingerprint density at radius 3 is 2.88 bits per heavy atom. The minimum Gasteiger partial charge on any atom is -0.356 e. The van der Waals surface area contributed by atoms with E-state index in [4.69, 9.17) is 5.26 Å². The van der Waals surface area contributed by atoms with Gasteiger partial charge in [0.2, 0.25) is 5.91 Å². The average molecular weight is 325 g/mol. The molecule has 1 unspecified atom stereocenters. The molecule has 0 radical (unpaired) electrons. The van der Waals surface area contributed by atoms with Crippen molar-refractivity contribution in [3.8, 4) is 6.07 Å². The van der Waals surface area contributed by atoms with Crippen LogP contribution in [-0.2, 0) is 11.3 Å². The number of benzene rings is 1. The van der Waals surface area contributed by atoms with E-state index in [1.807, 2.05) is 18.2 Å². The molecular formula is C20H27N3O. The summed E-state index contributed by atoms with van der Waals surface area (Å²) in [5, 5.41) is 12.2. The van der Waals surface area contributed by atoms with E-state index in [0.717, 1.165) is 51.0 Å². The van der Waals surface area contributed by atoms with Gasteiger partial charge < -0.3 is 5.32 Å². The fourth-order valence-electron chi connectivity index (χ4n) is 3.97. The number of hydrogen-bond donors (Lipinski definition) is 1. The number of carbonyl (C=O) groups excluding carboxylic acids is 1. The van der Waals surface area contributed by atoms with Gasteiger partial charge in [0.25, 0.3) is 0 Å². The molecule has 1 N–H and O–H groups in total.